The molecule has 8 atom stereocenters. The minimum atomic E-state index is -3.98. The van der Waals surface area contributed by atoms with Crippen LogP contribution in [0.3, 0.4) is 0 Å². The third kappa shape index (κ3) is 5.57. The van der Waals surface area contributed by atoms with Crippen molar-refractivity contribution >= 4 is 15.7 Å². The van der Waals surface area contributed by atoms with Crippen LogP contribution in [-0.2, 0) is 10.0 Å². The molecule has 4 aliphatic carbocycles. The topological polar surface area (TPSA) is 83.8 Å². The maximum absolute atomic E-state index is 13.6. The van der Waals surface area contributed by atoms with Crippen molar-refractivity contribution in [3.05, 3.63) is 69.3 Å². The average Bonchev–Trinajstić information content (AvgIpc) is 3.37. The van der Waals surface area contributed by atoms with Gasteiger partial charge in [0.2, 0.25) is 10.0 Å². The van der Waals surface area contributed by atoms with Gasteiger partial charge in [-0.05, 0) is 124 Å². The Morgan fingerprint density at radius 1 is 1.09 bits per heavy atom. The van der Waals surface area contributed by atoms with Gasteiger partial charge in [-0.25, -0.2) is 8.42 Å². The summed E-state index contributed by atoms with van der Waals surface area (Å²) in [6.45, 7) is 12.0. The molecule has 8 heteroatoms. The lowest BCUT2D eigenvalue weighted by Crippen LogP contribution is -2.52. The van der Waals surface area contributed by atoms with E-state index in [2.05, 4.69) is 57.9 Å². The van der Waals surface area contributed by atoms with E-state index in [4.69, 9.17) is 0 Å². The number of allylic oxidation sites excluding steroid dienone is 4. The second kappa shape index (κ2) is 12.1. The van der Waals surface area contributed by atoms with Crippen molar-refractivity contribution in [3.63, 3.8) is 0 Å². The highest BCUT2D eigenvalue weighted by molar-refractivity contribution is 7.89. The van der Waals surface area contributed by atoms with Crippen molar-refractivity contribution in [1.82, 2.24) is 9.21 Å². The van der Waals surface area contributed by atoms with Crippen LogP contribution in [0.1, 0.15) is 85.5 Å². The Morgan fingerprint density at radius 3 is 2.53 bits per heavy atom. The fraction of sp³-hybridized carbons (Fsp3) is 0.676. The zero-order valence-corrected chi connectivity index (χ0v) is 29.0. The Bertz CT molecular complexity index is 1530. The molecule has 0 amide bonds. The number of rotatable bonds is 7. The second-order valence-corrected chi connectivity index (χ2v) is 17.6. The van der Waals surface area contributed by atoms with E-state index in [1.54, 1.807) is 18.7 Å². The van der Waals surface area contributed by atoms with Crippen LogP contribution in [0, 0.1) is 50.5 Å². The summed E-state index contributed by atoms with van der Waals surface area (Å²) in [5, 5.41) is 11.6. The summed E-state index contributed by atoms with van der Waals surface area (Å²) in [5.74, 6) is 2.91. The maximum atomic E-state index is 13.6. The number of hydrogen-bond donors (Lipinski definition) is 0. The Kier molecular flexibility index (Phi) is 8.75. The molecule has 0 aromatic heterocycles. The summed E-state index contributed by atoms with van der Waals surface area (Å²) in [4.78, 5) is 13.2. The fourth-order valence-corrected chi connectivity index (χ4v) is 12.2. The van der Waals surface area contributed by atoms with E-state index < -0.39 is 14.9 Å². The first-order valence-electron chi connectivity index (χ1n) is 17.2. The molecule has 3 fully saturated rings. The van der Waals surface area contributed by atoms with Crippen molar-refractivity contribution in [2.45, 2.75) is 96.4 Å². The first-order valence-corrected chi connectivity index (χ1v) is 18.7. The van der Waals surface area contributed by atoms with Crippen LogP contribution in [0.4, 0.5) is 5.69 Å². The lowest BCUT2D eigenvalue weighted by molar-refractivity contribution is -0.387. The smallest absolute Gasteiger partial charge is 0.289 e. The van der Waals surface area contributed by atoms with Gasteiger partial charge in [-0.1, -0.05) is 62.3 Å². The molecule has 0 spiro atoms. The number of nitro groups is 1. The third-order valence-corrected chi connectivity index (χ3v) is 15.4. The van der Waals surface area contributed by atoms with Crippen LogP contribution in [0.25, 0.3) is 0 Å². The maximum Gasteiger partial charge on any atom is 0.289 e. The molecule has 6 rings (SSSR count). The fourth-order valence-electron chi connectivity index (χ4n) is 10.6. The normalized spacial score (nSPS) is 36.4. The van der Waals surface area contributed by atoms with Gasteiger partial charge in [-0.3, -0.25) is 10.1 Å². The highest BCUT2D eigenvalue weighted by atomic mass is 32.2. The molecule has 246 valence electrons. The standard InChI is InChI=1S/C37H53N3O4S/c1-25(11-12-27-19-22-38(5)24-26(27)2)31-15-16-32-30-14-13-28-23-29(17-20-36(28,3)33(30)18-21-37(31,32)4)39(6)45(43,44)35-10-8-7-9-34(35)40(41)42/h7-12,14,25,28-29,31-33H,13,15-24H2,1-6H3/b12-11+/t25-,28+,29-,31-,32+,33+,36+,37-/m1/s1. The van der Waals surface area contributed by atoms with Crippen LogP contribution < -0.4 is 0 Å². The number of fused-ring (bicyclic) bond motifs is 5. The molecule has 0 saturated heterocycles. The summed E-state index contributed by atoms with van der Waals surface area (Å²) in [6.07, 6.45) is 17.4. The van der Waals surface area contributed by atoms with Gasteiger partial charge in [0.25, 0.3) is 5.69 Å². The molecule has 1 heterocycles. The number of likely N-dealkylation sites (N-methyl/N-ethyl adjacent to an activating group) is 1. The number of benzene rings is 1. The van der Waals surface area contributed by atoms with Gasteiger partial charge in [-0.2, -0.15) is 4.31 Å². The highest BCUT2D eigenvalue weighted by Crippen LogP contribution is 2.67. The minimum Gasteiger partial charge on any atom is -0.302 e. The first kappa shape index (κ1) is 32.6. The SMILES string of the molecule is CC1=C(/C=C/[C@@H](C)[C@H]2CC[C@H]3C4=CC[C@H]5C[C@H](N(C)S(=O)(=O)c6ccccc6[N+](=O)[O-])CC[C@]5(C)[C@H]4CC[C@]23C)CCN(C)C1. The van der Waals surface area contributed by atoms with Crippen molar-refractivity contribution in [2.24, 2.45) is 40.4 Å². The highest BCUT2D eigenvalue weighted by Gasteiger charge is 2.58. The number of para-hydroxylation sites is 1. The number of nitrogens with zero attached hydrogens (tertiary/aromatic N) is 3. The molecule has 0 bridgehead atoms. The summed E-state index contributed by atoms with van der Waals surface area (Å²) < 4.78 is 28.7. The van der Waals surface area contributed by atoms with Gasteiger partial charge < -0.3 is 4.90 Å². The van der Waals surface area contributed by atoms with Gasteiger partial charge >= 0.3 is 0 Å². The van der Waals surface area contributed by atoms with Crippen LogP contribution in [0.15, 0.2) is 64.1 Å². The quantitative estimate of drug-likeness (QED) is 0.172. The molecule has 1 aromatic carbocycles. The molecule has 0 unspecified atom stereocenters. The Hall–Kier alpha value is -2.29. The van der Waals surface area contributed by atoms with E-state index >= 15 is 0 Å². The zero-order chi connectivity index (χ0) is 32.3. The van der Waals surface area contributed by atoms with Crippen molar-refractivity contribution in [1.29, 1.82) is 0 Å². The molecule has 3 saturated carbocycles. The average molecular weight is 636 g/mol. The van der Waals surface area contributed by atoms with Crippen molar-refractivity contribution < 1.29 is 13.3 Å². The van der Waals surface area contributed by atoms with Crippen LogP contribution in [0.5, 0.6) is 0 Å². The van der Waals surface area contributed by atoms with E-state index in [1.807, 2.05) is 0 Å². The van der Waals surface area contributed by atoms with Crippen LogP contribution in [0.2, 0.25) is 0 Å². The van der Waals surface area contributed by atoms with Gasteiger partial charge in [0.15, 0.2) is 4.90 Å². The second-order valence-electron chi connectivity index (χ2n) is 15.7. The molecular weight excluding hydrogens is 582 g/mol. The molecule has 1 aliphatic heterocycles. The molecule has 7 nitrogen and oxygen atoms in total. The Balaban J connectivity index is 1.17. The van der Waals surface area contributed by atoms with Crippen molar-refractivity contribution in [3.8, 4) is 0 Å². The molecular formula is C37H53N3O4S. The van der Waals surface area contributed by atoms with Crippen molar-refractivity contribution in [2.75, 3.05) is 27.2 Å². The molecule has 45 heavy (non-hydrogen) atoms. The van der Waals surface area contributed by atoms with E-state index in [9.17, 15) is 18.5 Å². The zero-order valence-electron chi connectivity index (χ0n) is 28.2. The number of nitro benzene ring substituents is 1. The molecule has 0 N–H and O–H groups in total. The summed E-state index contributed by atoms with van der Waals surface area (Å²) >= 11 is 0. The minimum absolute atomic E-state index is 0.150. The Morgan fingerprint density at radius 2 is 1.80 bits per heavy atom. The van der Waals surface area contributed by atoms with Gasteiger partial charge in [0, 0.05) is 32.2 Å². The largest absolute Gasteiger partial charge is 0.302 e. The van der Waals surface area contributed by atoms with E-state index in [-0.39, 0.29) is 22.0 Å². The lowest BCUT2D eigenvalue weighted by Gasteiger charge is -2.58. The summed E-state index contributed by atoms with van der Waals surface area (Å²) in [7, 11) is -0.152. The van der Waals surface area contributed by atoms with Gasteiger partial charge in [-0.15, -0.1) is 0 Å². The first-order chi connectivity index (χ1) is 21.3. The van der Waals surface area contributed by atoms with Crippen LogP contribution in [-0.4, -0.2) is 55.8 Å². The van der Waals surface area contributed by atoms with Gasteiger partial charge in [0.1, 0.15) is 0 Å². The predicted molar refractivity (Wildman–Crippen MR) is 180 cm³/mol. The third-order valence-electron chi connectivity index (χ3n) is 13.4. The van der Waals surface area contributed by atoms with E-state index in [1.165, 1.54) is 59.3 Å². The van der Waals surface area contributed by atoms with E-state index in [0.29, 0.717) is 35.0 Å². The van der Waals surface area contributed by atoms with E-state index in [0.717, 1.165) is 45.2 Å². The lowest BCUT2D eigenvalue weighted by atomic mass is 9.47. The number of sulfonamides is 1. The molecule has 5 aliphatic rings. The van der Waals surface area contributed by atoms with Crippen LogP contribution >= 0.6 is 0 Å². The summed E-state index contributed by atoms with van der Waals surface area (Å²) in [6, 6.07) is 5.58. The number of hydrogen-bond acceptors (Lipinski definition) is 5. The monoisotopic (exact) mass is 635 g/mol. The van der Waals surface area contributed by atoms with Gasteiger partial charge in [0.05, 0.1) is 4.92 Å². The summed E-state index contributed by atoms with van der Waals surface area (Å²) in [5.41, 5.74) is 4.92. The molecule has 1 aromatic rings. The molecule has 0 radical (unpaired) electrons. The Labute approximate surface area is 271 Å². The predicted octanol–water partition coefficient (Wildman–Crippen LogP) is 8.01.